The maximum absolute atomic E-state index is 6.13. The molecule has 1 aromatic heterocycles. The minimum atomic E-state index is 0.198. The van der Waals surface area contributed by atoms with Crippen LogP contribution in [0.25, 0.3) is 0 Å². The summed E-state index contributed by atoms with van der Waals surface area (Å²) in [5.41, 5.74) is 6.94. The van der Waals surface area contributed by atoms with Crippen molar-refractivity contribution >= 4 is 23.2 Å². The van der Waals surface area contributed by atoms with Crippen molar-refractivity contribution in [3.05, 3.63) is 28.0 Å². The number of halogens is 2. The molecule has 1 saturated carbocycles. The smallest absolute Gasteiger partial charge is 0.0639 e. The number of rotatable bonds is 2. The van der Waals surface area contributed by atoms with Gasteiger partial charge in [-0.2, -0.15) is 0 Å². The molecule has 0 aliphatic heterocycles. The molecule has 2 nitrogen and oxygen atoms in total. The largest absolute Gasteiger partial charge is 0.330 e. The highest BCUT2D eigenvalue weighted by molar-refractivity contribution is 6.36. The lowest BCUT2D eigenvalue weighted by Crippen LogP contribution is -2.05. The molecular weight excluding hydrogens is 231 g/mol. The van der Waals surface area contributed by atoms with Crippen LogP contribution in [0.3, 0.4) is 0 Å². The lowest BCUT2D eigenvalue weighted by molar-refractivity contribution is 0.558. The monoisotopic (exact) mass is 244 g/mol. The average molecular weight is 245 g/mol. The maximum Gasteiger partial charge on any atom is 0.0639 e. The summed E-state index contributed by atoms with van der Waals surface area (Å²) in [5, 5.41) is 1.30. The summed E-state index contributed by atoms with van der Waals surface area (Å²) in [6.07, 6.45) is 3.29. The lowest BCUT2D eigenvalue weighted by Gasteiger charge is -2.07. The van der Waals surface area contributed by atoms with Gasteiger partial charge in [0.1, 0.15) is 0 Å². The fourth-order valence-electron chi connectivity index (χ4n) is 2.48. The number of nitrogens with zero attached hydrogens (tertiary/aromatic N) is 1. The van der Waals surface area contributed by atoms with Crippen molar-refractivity contribution in [2.24, 2.45) is 17.1 Å². The molecule has 1 aliphatic rings. The molecule has 1 heterocycles. The van der Waals surface area contributed by atoms with E-state index in [1.165, 1.54) is 0 Å². The van der Waals surface area contributed by atoms with Crippen molar-refractivity contribution in [1.82, 2.24) is 4.98 Å². The van der Waals surface area contributed by atoms with Gasteiger partial charge in [0.05, 0.1) is 10.0 Å². The van der Waals surface area contributed by atoms with Crippen LogP contribution in [0.5, 0.6) is 0 Å². The van der Waals surface area contributed by atoms with Crippen LogP contribution in [-0.2, 0) is 0 Å². The first-order valence-corrected chi connectivity index (χ1v) is 5.74. The number of aromatic nitrogens is 1. The predicted molar refractivity (Wildman–Crippen MR) is 63.3 cm³/mol. The third-order valence-electron chi connectivity index (χ3n) is 3.51. The Bertz CT molecular complexity index is 370. The normalized spacial score (nSPS) is 27.8. The van der Waals surface area contributed by atoms with Crippen LogP contribution >= 0.6 is 23.2 Å². The third-order valence-corrected chi connectivity index (χ3v) is 4.11. The van der Waals surface area contributed by atoms with E-state index in [4.69, 9.17) is 28.9 Å². The summed E-state index contributed by atoms with van der Waals surface area (Å²) in [4.78, 5) is 3.96. The molecule has 1 aromatic rings. The predicted octanol–water partition coefficient (Wildman–Crippen LogP) is 3.09. The molecule has 2 unspecified atom stereocenters. The van der Waals surface area contributed by atoms with Crippen molar-refractivity contribution in [2.45, 2.75) is 19.8 Å². The first-order valence-electron chi connectivity index (χ1n) is 4.99. The van der Waals surface area contributed by atoms with E-state index < -0.39 is 0 Å². The molecule has 0 bridgehead atoms. The number of hydrogen-bond acceptors (Lipinski definition) is 2. The van der Waals surface area contributed by atoms with E-state index in [0.717, 1.165) is 5.56 Å². The van der Waals surface area contributed by atoms with Gasteiger partial charge < -0.3 is 5.73 Å². The van der Waals surface area contributed by atoms with E-state index in [0.29, 0.717) is 28.4 Å². The Labute approximate surface area is 99.8 Å². The minimum absolute atomic E-state index is 0.198. The van der Waals surface area contributed by atoms with Gasteiger partial charge >= 0.3 is 0 Å². The number of nitrogens with two attached hydrogens (primary N) is 1. The zero-order chi connectivity index (χ0) is 11.2. The van der Waals surface area contributed by atoms with Gasteiger partial charge in [0.2, 0.25) is 0 Å². The van der Waals surface area contributed by atoms with E-state index in [1.807, 2.05) is 0 Å². The van der Waals surface area contributed by atoms with Crippen LogP contribution in [0.4, 0.5) is 0 Å². The molecule has 0 saturated heterocycles. The van der Waals surface area contributed by atoms with Gasteiger partial charge in [0, 0.05) is 12.4 Å². The van der Waals surface area contributed by atoms with Gasteiger partial charge in [-0.3, -0.25) is 4.98 Å². The topological polar surface area (TPSA) is 38.9 Å². The molecule has 0 radical (unpaired) electrons. The molecule has 2 N–H and O–H groups in total. The van der Waals surface area contributed by atoms with Crippen molar-refractivity contribution in [2.75, 3.05) is 6.54 Å². The first-order chi connectivity index (χ1) is 7.00. The molecule has 2 rings (SSSR count). The zero-order valence-electron chi connectivity index (χ0n) is 8.80. The Hall–Kier alpha value is -0.310. The standard InChI is InChI=1S/C11H14Cl2N2/c1-11(2)6(3-14)10(11)9-7(12)4-15-5-8(9)13/h4-6,10H,3,14H2,1-2H3. The van der Waals surface area contributed by atoms with Crippen LogP contribution in [0.1, 0.15) is 25.3 Å². The van der Waals surface area contributed by atoms with Crippen molar-refractivity contribution < 1.29 is 0 Å². The van der Waals surface area contributed by atoms with E-state index in [9.17, 15) is 0 Å². The zero-order valence-corrected chi connectivity index (χ0v) is 10.3. The molecule has 0 amide bonds. The second-order valence-corrected chi connectivity index (χ2v) is 5.47. The second-order valence-electron chi connectivity index (χ2n) is 4.66. The Kier molecular flexibility index (Phi) is 2.70. The summed E-state index contributed by atoms with van der Waals surface area (Å²) in [6.45, 7) is 5.07. The van der Waals surface area contributed by atoms with Gasteiger partial charge in [0.25, 0.3) is 0 Å². The van der Waals surface area contributed by atoms with Crippen molar-refractivity contribution in [3.8, 4) is 0 Å². The van der Waals surface area contributed by atoms with E-state index in [2.05, 4.69) is 18.8 Å². The third kappa shape index (κ3) is 1.65. The van der Waals surface area contributed by atoms with Crippen LogP contribution in [0, 0.1) is 11.3 Å². The Morgan fingerprint density at radius 1 is 1.33 bits per heavy atom. The van der Waals surface area contributed by atoms with Gasteiger partial charge in [-0.05, 0) is 29.4 Å². The van der Waals surface area contributed by atoms with Crippen molar-refractivity contribution in [3.63, 3.8) is 0 Å². The van der Waals surface area contributed by atoms with E-state index in [1.54, 1.807) is 12.4 Å². The summed E-state index contributed by atoms with van der Waals surface area (Å²) >= 11 is 12.3. The van der Waals surface area contributed by atoms with Gasteiger partial charge in [-0.25, -0.2) is 0 Å². The summed E-state index contributed by atoms with van der Waals surface area (Å²) < 4.78 is 0. The maximum atomic E-state index is 6.13. The van der Waals surface area contributed by atoms with Crippen LogP contribution in [0.2, 0.25) is 10.0 Å². The van der Waals surface area contributed by atoms with E-state index >= 15 is 0 Å². The first kappa shape index (κ1) is 11.2. The summed E-state index contributed by atoms with van der Waals surface area (Å²) in [7, 11) is 0. The molecule has 82 valence electrons. The lowest BCUT2D eigenvalue weighted by atomic mass is 10.0. The van der Waals surface area contributed by atoms with Crippen LogP contribution in [-0.4, -0.2) is 11.5 Å². The van der Waals surface area contributed by atoms with Gasteiger partial charge in [-0.1, -0.05) is 37.0 Å². The van der Waals surface area contributed by atoms with Gasteiger partial charge in [0.15, 0.2) is 0 Å². The average Bonchev–Trinajstić information content (AvgIpc) is 2.68. The summed E-state index contributed by atoms with van der Waals surface area (Å²) in [6, 6.07) is 0. The second kappa shape index (κ2) is 3.62. The molecule has 15 heavy (non-hydrogen) atoms. The molecule has 0 spiro atoms. The van der Waals surface area contributed by atoms with Crippen LogP contribution < -0.4 is 5.73 Å². The van der Waals surface area contributed by atoms with E-state index in [-0.39, 0.29) is 5.41 Å². The number of pyridine rings is 1. The Morgan fingerprint density at radius 3 is 2.27 bits per heavy atom. The fourth-order valence-corrected chi connectivity index (χ4v) is 3.08. The molecule has 1 fully saturated rings. The Morgan fingerprint density at radius 2 is 1.87 bits per heavy atom. The highest BCUT2D eigenvalue weighted by atomic mass is 35.5. The quantitative estimate of drug-likeness (QED) is 0.869. The molecular formula is C11H14Cl2N2. The van der Waals surface area contributed by atoms with Crippen LogP contribution in [0.15, 0.2) is 12.4 Å². The fraction of sp³-hybridized carbons (Fsp3) is 0.545. The highest BCUT2D eigenvalue weighted by Gasteiger charge is 2.58. The molecule has 1 aliphatic carbocycles. The Balaban J connectivity index is 2.41. The number of hydrogen-bond donors (Lipinski definition) is 1. The molecule has 0 aromatic carbocycles. The SMILES string of the molecule is CC1(C)C(CN)C1c1c(Cl)cncc1Cl. The highest BCUT2D eigenvalue weighted by Crippen LogP contribution is 2.65. The molecule has 2 atom stereocenters. The molecule has 4 heteroatoms. The minimum Gasteiger partial charge on any atom is -0.330 e. The summed E-state index contributed by atoms with van der Waals surface area (Å²) in [5.74, 6) is 0.834. The van der Waals surface area contributed by atoms with Crippen molar-refractivity contribution in [1.29, 1.82) is 0 Å². The van der Waals surface area contributed by atoms with Gasteiger partial charge in [-0.15, -0.1) is 0 Å².